The van der Waals surface area contributed by atoms with E-state index in [0.29, 0.717) is 0 Å². The van der Waals surface area contributed by atoms with Gasteiger partial charge in [0.15, 0.2) is 0 Å². The lowest BCUT2D eigenvalue weighted by Gasteiger charge is -2.14. The Labute approximate surface area is 113 Å². The highest BCUT2D eigenvalue weighted by atomic mass is 79.9. The van der Waals surface area contributed by atoms with Gasteiger partial charge < -0.3 is 10.5 Å². The minimum absolute atomic E-state index is 0.223. The molecule has 2 N–H and O–H groups in total. The van der Waals surface area contributed by atoms with Crippen LogP contribution in [0.15, 0.2) is 22.7 Å². The van der Waals surface area contributed by atoms with Crippen molar-refractivity contribution in [1.82, 2.24) is 0 Å². The van der Waals surface area contributed by atoms with Crippen molar-refractivity contribution >= 4 is 15.9 Å². The van der Waals surface area contributed by atoms with E-state index in [1.807, 2.05) is 12.1 Å². The molecule has 1 atom stereocenters. The number of hydrogen-bond donors (Lipinski definition) is 1. The highest BCUT2D eigenvalue weighted by Crippen LogP contribution is 2.24. The molecule has 0 aromatic heterocycles. The minimum atomic E-state index is 0.223. The molecule has 0 aliphatic carbocycles. The maximum absolute atomic E-state index is 6.15. The van der Waals surface area contributed by atoms with Crippen LogP contribution in [0.2, 0.25) is 0 Å². The van der Waals surface area contributed by atoms with Crippen LogP contribution in [0, 0.1) is 5.92 Å². The SMILES string of the molecule is COc1ccc(Br)c(CC(N)CCC(C)C)c1. The Bertz CT molecular complexity index is 352. The summed E-state index contributed by atoms with van der Waals surface area (Å²) < 4.78 is 6.34. The lowest BCUT2D eigenvalue weighted by Crippen LogP contribution is -2.23. The molecule has 2 nitrogen and oxygen atoms in total. The van der Waals surface area contributed by atoms with Gasteiger partial charge in [0.25, 0.3) is 0 Å². The van der Waals surface area contributed by atoms with Crippen LogP contribution in [0.5, 0.6) is 5.75 Å². The molecule has 0 aliphatic rings. The quantitative estimate of drug-likeness (QED) is 0.868. The third kappa shape index (κ3) is 5.09. The average molecular weight is 300 g/mol. The van der Waals surface area contributed by atoms with E-state index < -0.39 is 0 Å². The zero-order chi connectivity index (χ0) is 12.8. The first-order chi connectivity index (χ1) is 8.02. The molecule has 0 radical (unpaired) electrons. The summed E-state index contributed by atoms with van der Waals surface area (Å²) in [6.45, 7) is 4.46. The molecule has 1 aromatic carbocycles. The van der Waals surface area contributed by atoms with Crippen molar-refractivity contribution in [2.45, 2.75) is 39.2 Å². The van der Waals surface area contributed by atoms with E-state index in [1.165, 1.54) is 12.0 Å². The van der Waals surface area contributed by atoms with E-state index in [-0.39, 0.29) is 6.04 Å². The van der Waals surface area contributed by atoms with Gasteiger partial charge in [-0.2, -0.15) is 0 Å². The summed E-state index contributed by atoms with van der Waals surface area (Å²) in [7, 11) is 1.69. The van der Waals surface area contributed by atoms with Gasteiger partial charge >= 0.3 is 0 Å². The number of rotatable bonds is 6. The number of halogens is 1. The number of nitrogens with two attached hydrogens (primary N) is 1. The zero-order valence-electron chi connectivity index (χ0n) is 10.9. The van der Waals surface area contributed by atoms with Crippen LogP contribution in [0.25, 0.3) is 0 Å². The monoisotopic (exact) mass is 299 g/mol. The first kappa shape index (κ1) is 14.5. The standard InChI is InChI=1S/C14H22BrNO/c1-10(2)4-5-12(16)8-11-9-13(17-3)6-7-14(11)15/h6-7,9-10,12H,4-5,8,16H2,1-3H3. The van der Waals surface area contributed by atoms with E-state index in [2.05, 4.69) is 35.8 Å². The van der Waals surface area contributed by atoms with E-state index in [0.717, 1.165) is 29.0 Å². The minimum Gasteiger partial charge on any atom is -0.497 e. The van der Waals surface area contributed by atoms with Crippen LogP contribution >= 0.6 is 15.9 Å². The molecule has 3 heteroatoms. The topological polar surface area (TPSA) is 35.2 Å². The highest BCUT2D eigenvalue weighted by molar-refractivity contribution is 9.10. The summed E-state index contributed by atoms with van der Waals surface area (Å²) in [6.07, 6.45) is 3.15. The Morgan fingerprint density at radius 3 is 2.59 bits per heavy atom. The second-order valence-corrected chi connectivity index (χ2v) is 5.75. The fraction of sp³-hybridized carbons (Fsp3) is 0.571. The lowest BCUT2D eigenvalue weighted by molar-refractivity contribution is 0.413. The van der Waals surface area contributed by atoms with Gasteiger partial charge in [-0.1, -0.05) is 29.8 Å². The Hall–Kier alpha value is -0.540. The van der Waals surface area contributed by atoms with Crippen LogP contribution in [0.4, 0.5) is 0 Å². The predicted molar refractivity (Wildman–Crippen MR) is 76.4 cm³/mol. The van der Waals surface area contributed by atoms with Crippen molar-refractivity contribution in [3.05, 3.63) is 28.2 Å². The van der Waals surface area contributed by atoms with Gasteiger partial charge in [-0.15, -0.1) is 0 Å². The molecule has 0 bridgehead atoms. The van der Waals surface area contributed by atoms with Gasteiger partial charge in [0, 0.05) is 10.5 Å². The van der Waals surface area contributed by atoms with E-state index in [1.54, 1.807) is 7.11 Å². The van der Waals surface area contributed by atoms with Gasteiger partial charge in [-0.25, -0.2) is 0 Å². The molecule has 0 saturated heterocycles. The van der Waals surface area contributed by atoms with Crippen molar-refractivity contribution in [3.63, 3.8) is 0 Å². The molecule has 1 aromatic rings. The van der Waals surface area contributed by atoms with Gasteiger partial charge in [0.05, 0.1) is 7.11 Å². The first-order valence-corrected chi connectivity index (χ1v) is 6.90. The summed E-state index contributed by atoms with van der Waals surface area (Å²) in [4.78, 5) is 0. The van der Waals surface area contributed by atoms with Crippen molar-refractivity contribution < 1.29 is 4.74 Å². The Morgan fingerprint density at radius 1 is 1.29 bits per heavy atom. The van der Waals surface area contributed by atoms with Crippen LogP contribution in [0.3, 0.4) is 0 Å². The molecule has 1 rings (SSSR count). The second-order valence-electron chi connectivity index (χ2n) is 4.89. The zero-order valence-corrected chi connectivity index (χ0v) is 12.5. The molecule has 0 spiro atoms. The van der Waals surface area contributed by atoms with E-state index >= 15 is 0 Å². The second kappa shape index (κ2) is 7.02. The summed E-state index contributed by atoms with van der Waals surface area (Å²) in [6, 6.07) is 6.25. The molecule has 1 unspecified atom stereocenters. The van der Waals surface area contributed by atoms with Crippen molar-refractivity contribution in [3.8, 4) is 5.75 Å². The highest BCUT2D eigenvalue weighted by Gasteiger charge is 2.09. The van der Waals surface area contributed by atoms with Crippen molar-refractivity contribution in [1.29, 1.82) is 0 Å². The van der Waals surface area contributed by atoms with Gasteiger partial charge in [-0.3, -0.25) is 0 Å². The molecule has 17 heavy (non-hydrogen) atoms. The molecule has 0 fully saturated rings. The average Bonchev–Trinajstić information content (AvgIpc) is 2.29. The summed E-state index contributed by atoms with van der Waals surface area (Å²) in [5.41, 5.74) is 7.38. The Morgan fingerprint density at radius 2 is 2.00 bits per heavy atom. The van der Waals surface area contributed by atoms with Crippen LogP contribution in [-0.4, -0.2) is 13.2 Å². The van der Waals surface area contributed by atoms with Gasteiger partial charge in [-0.05, 0) is 48.9 Å². The largest absolute Gasteiger partial charge is 0.497 e. The number of methoxy groups -OCH3 is 1. The fourth-order valence-corrected chi connectivity index (χ4v) is 2.17. The molecule has 0 saturated carbocycles. The van der Waals surface area contributed by atoms with Crippen LogP contribution in [-0.2, 0) is 6.42 Å². The van der Waals surface area contributed by atoms with Crippen molar-refractivity contribution in [2.24, 2.45) is 11.7 Å². The smallest absolute Gasteiger partial charge is 0.119 e. The fourth-order valence-electron chi connectivity index (χ4n) is 1.77. The number of benzene rings is 1. The number of ether oxygens (including phenoxy) is 1. The maximum atomic E-state index is 6.15. The molecule has 0 amide bonds. The maximum Gasteiger partial charge on any atom is 0.119 e. The van der Waals surface area contributed by atoms with Crippen LogP contribution in [0.1, 0.15) is 32.3 Å². The molecular formula is C14H22BrNO. The van der Waals surface area contributed by atoms with Gasteiger partial charge in [0.2, 0.25) is 0 Å². The first-order valence-electron chi connectivity index (χ1n) is 6.11. The number of hydrogen-bond acceptors (Lipinski definition) is 2. The molecule has 0 aliphatic heterocycles. The normalized spacial score (nSPS) is 12.8. The Balaban J connectivity index is 2.60. The van der Waals surface area contributed by atoms with E-state index in [9.17, 15) is 0 Å². The van der Waals surface area contributed by atoms with Crippen molar-refractivity contribution in [2.75, 3.05) is 7.11 Å². The van der Waals surface area contributed by atoms with Crippen LogP contribution < -0.4 is 10.5 Å². The van der Waals surface area contributed by atoms with E-state index in [4.69, 9.17) is 10.5 Å². The molecular weight excluding hydrogens is 278 g/mol. The third-order valence-corrected chi connectivity index (χ3v) is 3.62. The van der Waals surface area contributed by atoms with Gasteiger partial charge in [0.1, 0.15) is 5.75 Å². The lowest BCUT2D eigenvalue weighted by atomic mass is 9.98. The predicted octanol–water partition coefficient (Wildman–Crippen LogP) is 3.76. The Kier molecular flexibility index (Phi) is 6.00. The summed E-state index contributed by atoms with van der Waals surface area (Å²) in [5.74, 6) is 1.61. The molecule has 96 valence electrons. The summed E-state index contributed by atoms with van der Waals surface area (Å²) in [5, 5.41) is 0. The molecule has 0 heterocycles. The summed E-state index contributed by atoms with van der Waals surface area (Å²) >= 11 is 3.56. The third-order valence-electron chi connectivity index (χ3n) is 2.85.